The zero-order valence-electron chi connectivity index (χ0n) is 12.1. The molecule has 3 atom stereocenters. The first kappa shape index (κ1) is 15.2. The normalized spacial score (nSPS) is 26.1. The molecule has 4 heteroatoms. The van der Waals surface area contributed by atoms with E-state index in [1.54, 1.807) is 24.3 Å². The highest BCUT2D eigenvalue weighted by Crippen LogP contribution is 2.29. The van der Waals surface area contributed by atoms with Gasteiger partial charge in [0.1, 0.15) is 5.75 Å². The van der Waals surface area contributed by atoms with Crippen molar-refractivity contribution >= 4 is 17.5 Å². The number of rotatable bonds is 4. The molecule has 0 spiro atoms. The van der Waals surface area contributed by atoms with Crippen molar-refractivity contribution in [1.82, 2.24) is 5.32 Å². The highest BCUT2D eigenvalue weighted by atomic mass is 35.5. The predicted octanol–water partition coefficient (Wildman–Crippen LogP) is 3.66. The summed E-state index contributed by atoms with van der Waals surface area (Å²) in [7, 11) is 0. The van der Waals surface area contributed by atoms with E-state index in [4.69, 9.17) is 16.3 Å². The average molecular weight is 296 g/mol. The lowest BCUT2D eigenvalue weighted by molar-refractivity contribution is -0.124. The molecule has 110 valence electrons. The first-order valence-corrected chi connectivity index (χ1v) is 7.62. The molecule has 0 aromatic heterocycles. The molecule has 1 aromatic carbocycles. The van der Waals surface area contributed by atoms with Gasteiger partial charge in [-0.1, -0.05) is 38.3 Å². The van der Waals surface area contributed by atoms with Gasteiger partial charge in [-0.15, -0.1) is 0 Å². The van der Waals surface area contributed by atoms with E-state index in [0.29, 0.717) is 22.6 Å². The SMILES string of the molecule is C[C@H]1[C@@H](NC(=O)COc2ccc(Cl)cc2)CCC[C@@H]1C. The van der Waals surface area contributed by atoms with E-state index in [-0.39, 0.29) is 18.6 Å². The molecule has 0 radical (unpaired) electrons. The predicted molar refractivity (Wildman–Crippen MR) is 81.1 cm³/mol. The first-order chi connectivity index (χ1) is 9.56. The quantitative estimate of drug-likeness (QED) is 0.920. The largest absolute Gasteiger partial charge is 0.484 e. The second-order valence-electron chi connectivity index (χ2n) is 5.68. The Morgan fingerprint density at radius 1 is 1.30 bits per heavy atom. The number of amides is 1. The summed E-state index contributed by atoms with van der Waals surface area (Å²) >= 11 is 5.80. The Morgan fingerprint density at radius 3 is 2.70 bits per heavy atom. The van der Waals surface area contributed by atoms with Crippen LogP contribution in [-0.4, -0.2) is 18.6 Å². The van der Waals surface area contributed by atoms with E-state index in [2.05, 4.69) is 19.2 Å². The van der Waals surface area contributed by atoms with Crippen molar-refractivity contribution in [3.8, 4) is 5.75 Å². The fourth-order valence-electron chi connectivity index (χ4n) is 2.71. The summed E-state index contributed by atoms with van der Waals surface area (Å²) in [6, 6.07) is 7.31. The Kier molecular flexibility index (Phi) is 5.30. The van der Waals surface area contributed by atoms with Gasteiger partial charge in [-0.25, -0.2) is 0 Å². The first-order valence-electron chi connectivity index (χ1n) is 7.24. The van der Waals surface area contributed by atoms with E-state index in [9.17, 15) is 4.79 Å². The standard InChI is InChI=1S/C16H22ClNO2/c1-11-4-3-5-15(12(11)2)18-16(19)10-20-14-8-6-13(17)7-9-14/h6-9,11-12,15H,3-5,10H2,1-2H3,(H,18,19)/t11-,12+,15-/m0/s1. The van der Waals surface area contributed by atoms with Crippen molar-refractivity contribution in [2.75, 3.05) is 6.61 Å². The van der Waals surface area contributed by atoms with Crippen LogP contribution in [0.5, 0.6) is 5.75 Å². The van der Waals surface area contributed by atoms with Gasteiger partial charge in [0.05, 0.1) is 0 Å². The number of nitrogens with one attached hydrogen (secondary N) is 1. The van der Waals surface area contributed by atoms with Crippen molar-refractivity contribution in [3.05, 3.63) is 29.3 Å². The molecule has 1 amide bonds. The maximum atomic E-state index is 11.9. The van der Waals surface area contributed by atoms with Gasteiger partial charge in [0.15, 0.2) is 6.61 Å². The molecule has 1 N–H and O–H groups in total. The third kappa shape index (κ3) is 4.14. The number of benzene rings is 1. The topological polar surface area (TPSA) is 38.3 Å². The molecule has 1 fully saturated rings. The Balaban J connectivity index is 1.79. The smallest absolute Gasteiger partial charge is 0.258 e. The van der Waals surface area contributed by atoms with Crippen LogP contribution in [0.1, 0.15) is 33.1 Å². The Labute approximate surface area is 125 Å². The molecule has 0 saturated heterocycles. The maximum Gasteiger partial charge on any atom is 0.258 e. The molecule has 0 unspecified atom stereocenters. The van der Waals surface area contributed by atoms with Crippen molar-refractivity contribution in [2.24, 2.45) is 11.8 Å². The summed E-state index contributed by atoms with van der Waals surface area (Å²) in [5.74, 6) is 1.81. The molecule has 2 rings (SSSR count). The van der Waals surface area contributed by atoms with Gasteiger partial charge in [0, 0.05) is 11.1 Å². The minimum Gasteiger partial charge on any atom is -0.484 e. The van der Waals surface area contributed by atoms with Crippen LogP contribution in [-0.2, 0) is 4.79 Å². The zero-order valence-corrected chi connectivity index (χ0v) is 12.8. The zero-order chi connectivity index (χ0) is 14.5. The molecule has 1 aliphatic carbocycles. The molecule has 0 aliphatic heterocycles. The maximum absolute atomic E-state index is 11.9. The molecule has 0 heterocycles. The van der Waals surface area contributed by atoms with Crippen LogP contribution in [0.4, 0.5) is 0 Å². The molecular weight excluding hydrogens is 274 g/mol. The summed E-state index contributed by atoms with van der Waals surface area (Å²) in [6.45, 7) is 4.53. The lowest BCUT2D eigenvalue weighted by Gasteiger charge is -2.34. The van der Waals surface area contributed by atoms with Gasteiger partial charge >= 0.3 is 0 Å². The van der Waals surface area contributed by atoms with E-state index < -0.39 is 0 Å². The number of hydrogen-bond acceptors (Lipinski definition) is 2. The number of ether oxygens (including phenoxy) is 1. The van der Waals surface area contributed by atoms with E-state index >= 15 is 0 Å². The van der Waals surface area contributed by atoms with Crippen LogP contribution >= 0.6 is 11.6 Å². The minimum atomic E-state index is -0.0501. The molecule has 1 aromatic rings. The third-order valence-corrected chi connectivity index (χ3v) is 4.49. The molecule has 1 aliphatic rings. The molecular formula is C16H22ClNO2. The second kappa shape index (κ2) is 6.98. The van der Waals surface area contributed by atoms with Gasteiger partial charge in [0.25, 0.3) is 5.91 Å². The summed E-state index contributed by atoms with van der Waals surface area (Å²) in [4.78, 5) is 11.9. The number of carbonyl (C=O) groups is 1. The second-order valence-corrected chi connectivity index (χ2v) is 6.12. The lowest BCUT2D eigenvalue weighted by atomic mass is 9.78. The van der Waals surface area contributed by atoms with E-state index in [1.165, 1.54) is 12.8 Å². The van der Waals surface area contributed by atoms with Crippen LogP contribution in [0.2, 0.25) is 5.02 Å². The van der Waals surface area contributed by atoms with Crippen molar-refractivity contribution < 1.29 is 9.53 Å². The molecule has 1 saturated carbocycles. The highest BCUT2D eigenvalue weighted by molar-refractivity contribution is 6.30. The lowest BCUT2D eigenvalue weighted by Crippen LogP contribution is -2.45. The molecule has 3 nitrogen and oxygen atoms in total. The van der Waals surface area contributed by atoms with Crippen molar-refractivity contribution in [2.45, 2.75) is 39.2 Å². The van der Waals surface area contributed by atoms with Crippen LogP contribution < -0.4 is 10.1 Å². The third-order valence-electron chi connectivity index (χ3n) is 4.24. The molecule has 0 bridgehead atoms. The van der Waals surface area contributed by atoms with Gasteiger partial charge in [0.2, 0.25) is 0 Å². The van der Waals surface area contributed by atoms with Crippen LogP contribution in [0, 0.1) is 11.8 Å². The van der Waals surface area contributed by atoms with Crippen molar-refractivity contribution in [3.63, 3.8) is 0 Å². The summed E-state index contributed by atoms with van der Waals surface area (Å²) in [5.41, 5.74) is 0. The minimum absolute atomic E-state index is 0.0501. The number of hydrogen-bond donors (Lipinski definition) is 1. The monoisotopic (exact) mass is 295 g/mol. The van der Waals surface area contributed by atoms with Crippen LogP contribution in [0.15, 0.2) is 24.3 Å². The molecule has 20 heavy (non-hydrogen) atoms. The Bertz CT molecular complexity index is 446. The number of carbonyl (C=O) groups excluding carboxylic acids is 1. The van der Waals surface area contributed by atoms with E-state index in [1.807, 2.05) is 0 Å². The van der Waals surface area contributed by atoms with Crippen LogP contribution in [0.25, 0.3) is 0 Å². The Hall–Kier alpha value is -1.22. The van der Waals surface area contributed by atoms with Gasteiger partial charge < -0.3 is 10.1 Å². The van der Waals surface area contributed by atoms with E-state index in [0.717, 1.165) is 6.42 Å². The van der Waals surface area contributed by atoms with Gasteiger partial charge in [-0.05, 0) is 42.5 Å². The van der Waals surface area contributed by atoms with Crippen molar-refractivity contribution in [1.29, 1.82) is 0 Å². The summed E-state index contributed by atoms with van der Waals surface area (Å²) in [5, 5.41) is 3.75. The summed E-state index contributed by atoms with van der Waals surface area (Å²) in [6.07, 6.45) is 3.52. The fourth-order valence-corrected chi connectivity index (χ4v) is 2.84. The Morgan fingerprint density at radius 2 is 2.00 bits per heavy atom. The summed E-state index contributed by atoms with van der Waals surface area (Å²) < 4.78 is 5.46. The van der Waals surface area contributed by atoms with Crippen LogP contribution in [0.3, 0.4) is 0 Å². The van der Waals surface area contributed by atoms with Gasteiger partial charge in [-0.2, -0.15) is 0 Å². The highest BCUT2D eigenvalue weighted by Gasteiger charge is 2.28. The number of halogens is 1. The fraction of sp³-hybridized carbons (Fsp3) is 0.562. The van der Waals surface area contributed by atoms with Gasteiger partial charge in [-0.3, -0.25) is 4.79 Å². The average Bonchev–Trinajstić information content (AvgIpc) is 2.43.